The highest BCUT2D eigenvalue weighted by molar-refractivity contribution is 5.99. The van der Waals surface area contributed by atoms with Crippen LogP contribution in [0, 0.1) is 5.41 Å². The Morgan fingerprint density at radius 1 is 0.929 bits per heavy atom. The Morgan fingerprint density at radius 2 is 1.52 bits per heavy atom. The van der Waals surface area contributed by atoms with E-state index < -0.39 is 24.2 Å². The van der Waals surface area contributed by atoms with Gasteiger partial charge >= 0.3 is 6.18 Å². The van der Waals surface area contributed by atoms with Crippen molar-refractivity contribution >= 4 is 17.4 Å². The molecule has 1 amide bonds. The first-order valence-corrected chi connectivity index (χ1v) is 14.5. The van der Waals surface area contributed by atoms with E-state index in [2.05, 4.69) is 80.8 Å². The number of aromatic nitrogens is 2. The molecule has 0 bridgehead atoms. The first-order chi connectivity index (χ1) is 19.3. The van der Waals surface area contributed by atoms with Gasteiger partial charge in [0.2, 0.25) is 0 Å². The number of carbonyl (C=O) groups excluding carboxylic acids is 1. The molecular weight excluding hydrogens is 539 g/mol. The van der Waals surface area contributed by atoms with Gasteiger partial charge in [0, 0.05) is 25.2 Å². The van der Waals surface area contributed by atoms with Crippen LogP contribution in [-0.4, -0.2) is 35.0 Å². The zero-order valence-corrected chi connectivity index (χ0v) is 25.9. The van der Waals surface area contributed by atoms with Crippen LogP contribution in [0.2, 0.25) is 0 Å². The SMILES string of the molecule is CC(C)(CNC(=O)c1cnn2c1N[C@@H](c1ccccc1)C[C@H]2C(F)(F)F)CNc1cc(C(C)(C)C)cc(C(C)(C)C)c1. The summed E-state index contributed by atoms with van der Waals surface area (Å²) in [4.78, 5) is 13.3. The fourth-order valence-electron chi connectivity index (χ4n) is 5.05. The third-order valence-electron chi connectivity index (χ3n) is 7.85. The maximum Gasteiger partial charge on any atom is 0.410 e. The number of rotatable bonds is 7. The summed E-state index contributed by atoms with van der Waals surface area (Å²) in [6, 6.07) is 13.2. The van der Waals surface area contributed by atoms with Crippen molar-refractivity contribution in [3.63, 3.8) is 0 Å². The summed E-state index contributed by atoms with van der Waals surface area (Å²) in [5.74, 6) is -0.379. The van der Waals surface area contributed by atoms with Crippen molar-refractivity contribution in [2.75, 3.05) is 23.7 Å². The Hall–Kier alpha value is -3.49. The van der Waals surface area contributed by atoms with Crippen molar-refractivity contribution in [1.29, 1.82) is 0 Å². The number of anilines is 2. The van der Waals surface area contributed by atoms with Gasteiger partial charge in [-0.1, -0.05) is 91.8 Å². The van der Waals surface area contributed by atoms with Gasteiger partial charge in [-0.3, -0.25) is 4.79 Å². The molecule has 4 rings (SSSR count). The second kappa shape index (κ2) is 11.3. The molecule has 0 radical (unpaired) electrons. The fraction of sp³-hybridized carbons (Fsp3) is 0.515. The fourth-order valence-corrected chi connectivity index (χ4v) is 5.05. The van der Waals surface area contributed by atoms with Gasteiger partial charge in [-0.25, -0.2) is 4.68 Å². The van der Waals surface area contributed by atoms with Crippen LogP contribution >= 0.6 is 0 Å². The number of carbonyl (C=O) groups is 1. The smallest absolute Gasteiger partial charge is 0.384 e. The number of benzene rings is 2. The Balaban J connectivity index is 1.48. The Bertz CT molecular complexity index is 1370. The molecule has 2 atom stereocenters. The molecule has 0 spiro atoms. The highest BCUT2D eigenvalue weighted by atomic mass is 19.4. The Labute approximate surface area is 247 Å². The third-order valence-corrected chi connectivity index (χ3v) is 7.85. The molecule has 228 valence electrons. The van der Waals surface area contributed by atoms with E-state index >= 15 is 0 Å². The predicted octanol–water partition coefficient (Wildman–Crippen LogP) is 8.01. The second-order valence-electron chi connectivity index (χ2n) is 14.3. The van der Waals surface area contributed by atoms with Crippen LogP contribution in [0.3, 0.4) is 0 Å². The lowest BCUT2D eigenvalue weighted by atomic mass is 9.80. The number of halogens is 3. The van der Waals surface area contributed by atoms with Gasteiger partial charge in [0.05, 0.1) is 12.2 Å². The number of hydrogen-bond acceptors (Lipinski definition) is 4. The van der Waals surface area contributed by atoms with E-state index in [1.807, 2.05) is 19.9 Å². The van der Waals surface area contributed by atoms with Crippen molar-refractivity contribution in [1.82, 2.24) is 15.1 Å². The molecular formula is C33H44F3N5O. The lowest BCUT2D eigenvalue weighted by Crippen LogP contribution is -2.39. The number of hydrogen-bond donors (Lipinski definition) is 3. The highest BCUT2D eigenvalue weighted by Gasteiger charge is 2.47. The zero-order valence-electron chi connectivity index (χ0n) is 25.9. The lowest BCUT2D eigenvalue weighted by molar-refractivity contribution is -0.173. The van der Waals surface area contributed by atoms with Crippen LogP contribution in [-0.2, 0) is 10.8 Å². The normalized spacial score (nSPS) is 17.8. The van der Waals surface area contributed by atoms with Gasteiger partial charge < -0.3 is 16.0 Å². The first-order valence-electron chi connectivity index (χ1n) is 14.5. The quantitative estimate of drug-likeness (QED) is 0.264. The van der Waals surface area contributed by atoms with Crippen molar-refractivity contribution in [3.8, 4) is 0 Å². The third kappa shape index (κ3) is 7.28. The Morgan fingerprint density at radius 3 is 2.07 bits per heavy atom. The maximum absolute atomic E-state index is 14.0. The molecule has 0 unspecified atom stereocenters. The van der Waals surface area contributed by atoms with Crippen LogP contribution in [0.25, 0.3) is 0 Å². The molecule has 2 aromatic carbocycles. The molecule has 1 aliphatic rings. The second-order valence-corrected chi connectivity index (χ2v) is 14.3. The molecule has 0 fully saturated rings. The summed E-state index contributed by atoms with van der Waals surface area (Å²) in [7, 11) is 0. The molecule has 6 nitrogen and oxygen atoms in total. The molecule has 0 aliphatic carbocycles. The number of amides is 1. The molecule has 0 saturated carbocycles. The number of fused-ring (bicyclic) bond motifs is 1. The summed E-state index contributed by atoms with van der Waals surface area (Å²) in [6.07, 6.45) is -3.50. The minimum Gasteiger partial charge on any atom is -0.384 e. The van der Waals surface area contributed by atoms with Gasteiger partial charge in [-0.2, -0.15) is 18.3 Å². The molecule has 1 aliphatic heterocycles. The molecule has 42 heavy (non-hydrogen) atoms. The van der Waals surface area contributed by atoms with E-state index in [-0.39, 0.29) is 34.0 Å². The predicted molar refractivity (Wildman–Crippen MR) is 163 cm³/mol. The summed E-state index contributed by atoms with van der Waals surface area (Å²) < 4.78 is 43.0. The molecule has 3 N–H and O–H groups in total. The monoisotopic (exact) mass is 583 g/mol. The molecule has 3 aromatic rings. The molecule has 9 heteroatoms. The zero-order chi connectivity index (χ0) is 31.1. The topological polar surface area (TPSA) is 71.0 Å². The number of nitrogens with zero attached hydrogens (tertiary/aromatic N) is 2. The van der Waals surface area contributed by atoms with Crippen molar-refractivity contribution in [2.45, 2.75) is 90.9 Å². The average Bonchev–Trinajstić information content (AvgIpc) is 3.33. The molecule has 0 saturated heterocycles. The van der Waals surface area contributed by atoms with E-state index in [1.165, 1.54) is 17.3 Å². The highest BCUT2D eigenvalue weighted by Crippen LogP contribution is 2.44. The van der Waals surface area contributed by atoms with E-state index in [0.29, 0.717) is 13.1 Å². The van der Waals surface area contributed by atoms with Crippen molar-refractivity contribution < 1.29 is 18.0 Å². The summed E-state index contributed by atoms with van der Waals surface area (Å²) in [5.41, 5.74) is 3.96. The van der Waals surface area contributed by atoms with Crippen LogP contribution < -0.4 is 16.0 Å². The standard InChI is InChI=1S/C33H44F3N5O/c1-30(2,3)22-14-23(31(4,5)6)16-24(15-22)37-19-32(7,8)20-38-29(42)25-18-39-41-27(33(34,35)36)17-26(40-28(25)41)21-12-10-9-11-13-21/h9-16,18,26-27,37,40H,17,19-20H2,1-8H3,(H,38,42)/t26-,27+/m1/s1. The van der Waals surface area contributed by atoms with E-state index in [0.717, 1.165) is 15.9 Å². The largest absolute Gasteiger partial charge is 0.410 e. The van der Waals surface area contributed by atoms with Crippen molar-refractivity contribution in [3.05, 3.63) is 77.0 Å². The maximum atomic E-state index is 14.0. The van der Waals surface area contributed by atoms with E-state index in [9.17, 15) is 18.0 Å². The minimum atomic E-state index is -4.51. The summed E-state index contributed by atoms with van der Waals surface area (Å²) >= 11 is 0. The number of alkyl halides is 3. The van der Waals surface area contributed by atoms with Gasteiger partial charge in [0.15, 0.2) is 6.04 Å². The van der Waals surface area contributed by atoms with Crippen LogP contribution in [0.4, 0.5) is 24.7 Å². The van der Waals surface area contributed by atoms with Crippen LogP contribution in [0.1, 0.15) is 101 Å². The van der Waals surface area contributed by atoms with Gasteiger partial charge in [0.25, 0.3) is 5.91 Å². The molecule has 1 aromatic heterocycles. The van der Waals surface area contributed by atoms with Gasteiger partial charge in [-0.05, 0) is 45.1 Å². The summed E-state index contributed by atoms with van der Waals surface area (Å²) in [6.45, 7) is 18.2. The Kier molecular flexibility index (Phi) is 8.46. The minimum absolute atomic E-state index is 0.00934. The van der Waals surface area contributed by atoms with E-state index in [4.69, 9.17) is 0 Å². The lowest BCUT2D eigenvalue weighted by Gasteiger charge is -2.34. The first kappa shape index (κ1) is 31.4. The van der Waals surface area contributed by atoms with E-state index in [1.54, 1.807) is 24.3 Å². The average molecular weight is 584 g/mol. The van der Waals surface area contributed by atoms with Crippen molar-refractivity contribution in [2.24, 2.45) is 5.41 Å². The van der Waals surface area contributed by atoms with Gasteiger partial charge in [0.1, 0.15) is 11.4 Å². The molecule has 2 heterocycles. The van der Waals surface area contributed by atoms with Gasteiger partial charge in [-0.15, -0.1) is 0 Å². The number of nitrogens with one attached hydrogen (secondary N) is 3. The van der Waals surface area contributed by atoms with Crippen LogP contribution in [0.15, 0.2) is 54.7 Å². The van der Waals surface area contributed by atoms with Crippen LogP contribution in [0.5, 0.6) is 0 Å². The summed E-state index contributed by atoms with van der Waals surface area (Å²) in [5, 5.41) is 13.6.